The van der Waals surface area contributed by atoms with Crippen molar-refractivity contribution < 1.29 is 14.7 Å². The number of aryl methyl sites for hydroxylation is 1. The summed E-state index contributed by atoms with van der Waals surface area (Å²) in [4.78, 5) is 27.0. The van der Waals surface area contributed by atoms with E-state index in [1.54, 1.807) is 17.4 Å². The first kappa shape index (κ1) is 16.2. The molecule has 0 fully saturated rings. The quantitative estimate of drug-likeness (QED) is 0.769. The molecule has 2 heterocycles. The molecule has 0 aromatic carbocycles. The summed E-state index contributed by atoms with van der Waals surface area (Å²) in [5.41, 5.74) is 3.15. The Hall–Kier alpha value is -2.21. The standard InChI is InChI=1S/C16H18N2O3S/c1-11-13(16(21)17-8-3-2-4-15(19)20)5-6-14(18-11)12-7-9-22-10-12/h5-7,9-10H,2-4,8H2,1H3,(H,17,21)(H,19,20). The number of aliphatic carboxylic acids is 1. The molecular formula is C16H18N2O3S. The van der Waals surface area contributed by atoms with Gasteiger partial charge in [-0.15, -0.1) is 0 Å². The van der Waals surface area contributed by atoms with Crippen LogP contribution >= 0.6 is 11.3 Å². The van der Waals surface area contributed by atoms with Gasteiger partial charge in [-0.25, -0.2) is 0 Å². The largest absolute Gasteiger partial charge is 0.481 e. The number of thiophene rings is 1. The highest BCUT2D eigenvalue weighted by Gasteiger charge is 2.11. The van der Waals surface area contributed by atoms with Crippen LogP contribution in [0.2, 0.25) is 0 Å². The van der Waals surface area contributed by atoms with Crippen LogP contribution in [-0.4, -0.2) is 28.5 Å². The van der Waals surface area contributed by atoms with Gasteiger partial charge in [-0.3, -0.25) is 14.6 Å². The molecule has 5 nitrogen and oxygen atoms in total. The maximum absolute atomic E-state index is 12.1. The van der Waals surface area contributed by atoms with Crippen molar-refractivity contribution in [2.75, 3.05) is 6.54 Å². The number of aromatic nitrogens is 1. The lowest BCUT2D eigenvalue weighted by molar-refractivity contribution is -0.137. The minimum Gasteiger partial charge on any atom is -0.481 e. The molecule has 0 radical (unpaired) electrons. The van der Waals surface area contributed by atoms with Gasteiger partial charge in [-0.1, -0.05) is 0 Å². The van der Waals surface area contributed by atoms with Gasteiger partial charge in [0.1, 0.15) is 0 Å². The Morgan fingerprint density at radius 1 is 1.27 bits per heavy atom. The minimum atomic E-state index is -0.810. The second kappa shape index (κ2) is 7.70. The summed E-state index contributed by atoms with van der Waals surface area (Å²) in [5.74, 6) is -0.979. The molecule has 0 unspecified atom stereocenters. The normalized spacial score (nSPS) is 10.4. The molecule has 0 saturated heterocycles. The van der Waals surface area contributed by atoms with Crippen molar-refractivity contribution in [1.29, 1.82) is 0 Å². The summed E-state index contributed by atoms with van der Waals surface area (Å²) in [6.45, 7) is 2.28. The Morgan fingerprint density at radius 2 is 2.09 bits per heavy atom. The van der Waals surface area contributed by atoms with Gasteiger partial charge in [-0.05, 0) is 43.3 Å². The third-order valence-electron chi connectivity index (χ3n) is 3.25. The van der Waals surface area contributed by atoms with Crippen molar-refractivity contribution >= 4 is 23.2 Å². The Kier molecular flexibility index (Phi) is 5.66. The highest BCUT2D eigenvalue weighted by Crippen LogP contribution is 2.21. The topological polar surface area (TPSA) is 79.3 Å². The van der Waals surface area contributed by atoms with Crippen LogP contribution in [0.1, 0.15) is 35.3 Å². The number of hydrogen-bond donors (Lipinski definition) is 2. The first-order chi connectivity index (χ1) is 10.6. The number of carboxylic acid groups (broad SMARTS) is 1. The van der Waals surface area contributed by atoms with E-state index in [1.165, 1.54) is 0 Å². The fraction of sp³-hybridized carbons (Fsp3) is 0.312. The van der Waals surface area contributed by atoms with Crippen LogP contribution < -0.4 is 5.32 Å². The molecule has 0 atom stereocenters. The van der Waals surface area contributed by atoms with Gasteiger partial charge in [0.15, 0.2) is 0 Å². The van der Waals surface area contributed by atoms with E-state index in [-0.39, 0.29) is 12.3 Å². The summed E-state index contributed by atoms with van der Waals surface area (Å²) in [5, 5.41) is 15.4. The van der Waals surface area contributed by atoms with Gasteiger partial charge in [0.05, 0.1) is 17.0 Å². The zero-order chi connectivity index (χ0) is 15.9. The van der Waals surface area contributed by atoms with Crippen LogP contribution in [0.5, 0.6) is 0 Å². The summed E-state index contributed by atoms with van der Waals surface area (Å²) in [6, 6.07) is 5.62. The van der Waals surface area contributed by atoms with E-state index < -0.39 is 5.97 Å². The maximum Gasteiger partial charge on any atom is 0.303 e. The number of carboxylic acids is 1. The number of rotatable bonds is 7. The molecule has 0 bridgehead atoms. The minimum absolute atomic E-state index is 0.131. The fourth-order valence-electron chi connectivity index (χ4n) is 2.07. The third-order valence-corrected chi connectivity index (χ3v) is 3.93. The highest BCUT2D eigenvalue weighted by atomic mass is 32.1. The van der Waals surface area contributed by atoms with E-state index in [0.29, 0.717) is 30.6 Å². The molecule has 0 aliphatic carbocycles. The highest BCUT2D eigenvalue weighted by molar-refractivity contribution is 7.08. The number of unbranched alkanes of at least 4 members (excludes halogenated alkanes) is 1. The number of amides is 1. The van der Waals surface area contributed by atoms with Gasteiger partial charge in [0, 0.05) is 23.9 Å². The maximum atomic E-state index is 12.1. The third kappa shape index (κ3) is 4.39. The molecule has 2 aromatic heterocycles. The van der Waals surface area contributed by atoms with Crippen LogP contribution in [0.4, 0.5) is 0 Å². The van der Waals surface area contributed by atoms with Crippen molar-refractivity contribution in [3.8, 4) is 11.3 Å². The van der Waals surface area contributed by atoms with Crippen molar-refractivity contribution in [1.82, 2.24) is 10.3 Å². The number of carbonyl (C=O) groups is 2. The summed E-state index contributed by atoms with van der Waals surface area (Å²) in [7, 11) is 0. The first-order valence-corrected chi connectivity index (χ1v) is 8.02. The van der Waals surface area contributed by atoms with E-state index >= 15 is 0 Å². The van der Waals surface area contributed by atoms with Crippen molar-refractivity contribution in [3.05, 3.63) is 40.2 Å². The molecule has 116 valence electrons. The average molecular weight is 318 g/mol. The molecule has 0 spiro atoms. The molecule has 2 N–H and O–H groups in total. The van der Waals surface area contributed by atoms with Gasteiger partial charge in [-0.2, -0.15) is 11.3 Å². The molecule has 6 heteroatoms. The zero-order valence-electron chi connectivity index (χ0n) is 12.3. The molecular weight excluding hydrogens is 300 g/mol. The lowest BCUT2D eigenvalue weighted by Gasteiger charge is -2.08. The van der Waals surface area contributed by atoms with E-state index in [0.717, 1.165) is 11.3 Å². The Bertz CT molecular complexity index is 653. The van der Waals surface area contributed by atoms with Crippen LogP contribution in [0, 0.1) is 6.92 Å². The summed E-state index contributed by atoms with van der Waals surface area (Å²) >= 11 is 1.61. The van der Waals surface area contributed by atoms with Gasteiger partial charge < -0.3 is 10.4 Å². The molecule has 1 amide bonds. The second-order valence-electron chi connectivity index (χ2n) is 4.95. The second-order valence-corrected chi connectivity index (χ2v) is 5.73. The number of nitrogens with zero attached hydrogens (tertiary/aromatic N) is 1. The van der Waals surface area contributed by atoms with Crippen molar-refractivity contribution in [2.45, 2.75) is 26.2 Å². The number of nitrogens with one attached hydrogen (secondary N) is 1. The lowest BCUT2D eigenvalue weighted by atomic mass is 10.1. The molecule has 0 aliphatic rings. The first-order valence-electron chi connectivity index (χ1n) is 7.08. The Morgan fingerprint density at radius 3 is 2.73 bits per heavy atom. The molecule has 2 rings (SSSR count). The Balaban J connectivity index is 1.91. The number of pyridine rings is 1. The van der Waals surface area contributed by atoms with Crippen LogP contribution in [0.25, 0.3) is 11.3 Å². The van der Waals surface area contributed by atoms with Crippen molar-refractivity contribution in [3.63, 3.8) is 0 Å². The molecule has 2 aromatic rings. The Labute approximate surface area is 133 Å². The fourth-order valence-corrected chi connectivity index (χ4v) is 2.72. The van der Waals surface area contributed by atoms with E-state index in [1.807, 2.05) is 29.8 Å². The molecule has 0 saturated carbocycles. The van der Waals surface area contributed by atoms with E-state index in [2.05, 4.69) is 10.3 Å². The SMILES string of the molecule is Cc1nc(-c2ccsc2)ccc1C(=O)NCCCCC(=O)O. The molecule has 22 heavy (non-hydrogen) atoms. The van der Waals surface area contributed by atoms with Crippen molar-refractivity contribution in [2.24, 2.45) is 0 Å². The van der Waals surface area contributed by atoms with Gasteiger partial charge >= 0.3 is 5.97 Å². The summed E-state index contributed by atoms with van der Waals surface area (Å²) < 4.78 is 0. The van der Waals surface area contributed by atoms with E-state index in [4.69, 9.17) is 5.11 Å². The predicted octanol–water partition coefficient (Wildman–Crippen LogP) is 3.10. The van der Waals surface area contributed by atoms with Crippen LogP contribution in [0.15, 0.2) is 29.0 Å². The monoisotopic (exact) mass is 318 g/mol. The van der Waals surface area contributed by atoms with E-state index in [9.17, 15) is 9.59 Å². The number of carbonyl (C=O) groups excluding carboxylic acids is 1. The van der Waals surface area contributed by atoms with Crippen LogP contribution in [-0.2, 0) is 4.79 Å². The molecule has 0 aliphatic heterocycles. The predicted molar refractivity (Wildman–Crippen MR) is 86.1 cm³/mol. The summed E-state index contributed by atoms with van der Waals surface area (Å²) in [6.07, 6.45) is 1.34. The van der Waals surface area contributed by atoms with Gasteiger partial charge in [0.2, 0.25) is 0 Å². The lowest BCUT2D eigenvalue weighted by Crippen LogP contribution is -2.25. The smallest absolute Gasteiger partial charge is 0.303 e. The van der Waals surface area contributed by atoms with Gasteiger partial charge in [0.25, 0.3) is 5.91 Å². The van der Waals surface area contributed by atoms with Crippen LogP contribution in [0.3, 0.4) is 0 Å². The number of hydrogen-bond acceptors (Lipinski definition) is 4. The zero-order valence-corrected chi connectivity index (χ0v) is 13.2. The average Bonchev–Trinajstić information content (AvgIpc) is 3.00.